The fourth-order valence-electron chi connectivity index (χ4n) is 5.13. The van der Waals surface area contributed by atoms with Gasteiger partial charge in [-0.15, -0.1) is 0 Å². The van der Waals surface area contributed by atoms with Crippen molar-refractivity contribution in [1.82, 2.24) is 4.57 Å². The van der Waals surface area contributed by atoms with E-state index >= 15 is 0 Å². The van der Waals surface area contributed by atoms with E-state index in [1.54, 1.807) is 50.3 Å². The number of halogens is 4. The van der Waals surface area contributed by atoms with Crippen LogP contribution in [0.1, 0.15) is 43.5 Å². The van der Waals surface area contributed by atoms with Gasteiger partial charge in [0.2, 0.25) is 0 Å². The number of nitrogens with zero attached hydrogens (tertiary/aromatic N) is 2. The summed E-state index contributed by atoms with van der Waals surface area (Å²) in [5.41, 5.74) is 2.47. The van der Waals surface area contributed by atoms with E-state index in [1.165, 1.54) is 23.0 Å². The van der Waals surface area contributed by atoms with Gasteiger partial charge in [0.15, 0.2) is 22.9 Å². The molecule has 5 rings (SSSR count). The van der Waals surface area contributed by atoms with Gasteiger partial charge in [-0.25, -0.2) is 14.6 Å². The van der Waals surface area contributed by atoms with Crippen LogP contribution in [0.4, 0.5) is 0 Å². The number of carbonyl (C=O) groups is 2. The summed E-state index contributed by atoms with van der Waals surface area (Å²) in [5, 5.41) is 1.07. The highest BCUT2D eigenvalue weighted by Crippen LogP contribution is 2.37. The molecular formula is C35H30Cl2I2N2O8S. The minimum atomic E-state index is -0.878. The van der Waals surface area contributed by atoms with Crippen molar-refractivity contribution < 1.29 is 33.3 Å². The summed E-state index contributed by atoms with van der Waals surface area (Å²) >= 11 is 18.0. The van der Waals surface area contributed by atoms with Crippen LogP contribution >= 0.6 is 79.7 Å². The number of esters is 2. The normalized spacial score (nSPS) is 14.2. The second-order valence-electron chi connectivity index (χ2n) is 10.6. The van der Waals surface area contributed by atoms with Gasteiger partial charge in [0.1, 0.15) is 12.4 Å². The molecule has 0 fully saturated rings. The molecule has 1 aromatic heterocycles. The molecule has 1 aliphatic heterocycles. The van der Waals surface area contributed by atoms with Crippen molar-refractivity contribution in [2.24, 2.45) is 4.99 Å². The monoisotopic (exact) mass is 962 g/mol. The molecule has 0 spiro atoms. The van der Waals surface area contributed by atoms with Crippen LogP contribution in [-0.2, 0) is 25.7 Å². The van der Waals surface area contributed by atoms with E-state index < -0.39 is 18.0 Å². The van der Waals surface area contributed by atoms with Crippen LogP contribution in [0.5, 0.6) is 17.2 Å². The highest BCUT2D eigenvalue weighted by Gasteiger charge is 2.34. The molecule has 262 valence electrons. The topological polar surface area (TPSA) is 115 Å². The van der Waals surface area contributed by atoms with E-state index in [4.69, 9.17) is 42.1 Å². The standard InChI is InChI=1S/C35H30Cl2I2N2O8S/c1-5-46-27-14-20(8-10-26(27)48-17-29(42)45-4)31-30(34(44)47-6-2)18(3)40-35-41(31)33(43)28(50-35)13-19-11-24(38)32(25(39)12-19)49-16-21-7-9-22(36)15-23(21)37/h7-15,31H,5-6,16-17H2,1-4H3/b28-13-/t31-/m0/s1. The second-order valence-corrected chi connectivity index (χ2v) is 14.8. The van der Waals surface area contributed by atoms with Gasteiger partial charge >= 0.3 is 11.9 Å². The van der Waals surface area contributed by atoms with E-state index in [-0.39, 0.29) is 31.0 Å². The summed E-state index contributed by atoms with van der Waals surface area (Å²) < 4.78 is 31.3. The summed E-state index contributed by atoms with van der Waals surface area (Å²) in [4.78, 5) is 44.4. The van der Waals surface area contributed by atoms with E-state index in [9.17, 15) is 14.4 Å². The Balaban J connectivity index is 1.56. The van der Waals surface area contributed by atoms with Gasteiger partial charge in [-0.1, -0.05) is 46.7 Å². The highest BCUT2D eigenvalue weighted by atomic mass is 127. The summed E-state index contributed by atoms with van der Waals surface area (Å²) in [5.74, 6) is 0.186. The van der Waals surface area contributed by atoms with Gasteiger partial charge in [0, 0.05) is 15.6 Å². The lowest BCUT2D eigenvalue weighted by Crippen LogP contribution is -2.40. The Bertz CT molecular complexity index is 2160. The van der Waals surface area contributed by atoms with Gasteiger partial charge in [-0.3, -0.25) is 9.36 Å². The van der Waals surface area contributed by atoms with Crippen molar-refractivity contribution in [1.29, 1.82) is 0 Å². The molecule has 4 aromatic rings. The Kier molecular flexibility index (Phi) is 12.9. The fraction of sp³-hybridized carbons (Fsp3) is 0.257. The molecule has 15 heteroatoms. The SMILES string of the molecule is CCOC(=O)C1=C(C)N=c2s/c(=C\c3cc(I)c(OCc4ccc(Cl)cc4Cl)c(I)c3)c(=O)n2[C@H]1c1ccc(OCC(=O)OC)c(OCC)c1. The first-order valence-corrected chi connectivity index (χ1v) is 18.9. The van der Waals surface area contributed by atoms with E-state index in [1.807, 2.05) is 25.1 Å². The minimum Gasteiger partial charge on any atom is -0.490 e. The van der Waals surface area contributed by atoms with E-state index in [0.717, 1.165) is 18.3 Å². The lowest BCUT2D eigenvalue weighted by atomic mass is 9.95. The molecule has 0 saturated carbocycles. The maximum atomic E-state index is 14.2. The molecule has 2 heterocycles. The van der Waals surface area contributed by atoms with Crippen LogP contribution < -0.4 is 29.1 Å². The van der Waals surface area contributed by atoms with Gasteiger partial charge in [0.25, 0.3) is 5.56 Å². The first-order chi connectivity index (χ1) is 23.9. The molecule has 10 nitrogen and oxygen atoms in total. The largest absolute Gasteiger partial charge is 0.490 e. The van der Waals surface area contributed by atoms with E-state index in [0.29, 0.717) is 54.5 Å². The summed E-state index contributed by atoms with van der Waals surface area (Å²) in [7, 11) is 1.27. The summed E-state index contributed by atoms with van der Waals surface area (Å²) in [6, 6.07) is 13.3. The number of aromatic nitrogens is 1. The van der Waals surface area contributed by atoms with Crippen LogP contribution in [0.2, 0.25) is 10.0 Å². The number of carbonyl (C=O) groups excluding carboxylic acids is 2. The van der Waals surface area contributed by atoms with Crippen molar-refractivity contribution in [3.63, 3.8) is 0 Å². The molecule has 0 N–H and O–H groups in total. The third-order valence-corrected chi connectivity index (χ3v) is 10.6. The molecule has 0 radical (unpaired) electrons. The number of hydrogen-bond acceptors (Lipinski definition) is 10. The third kappa shape index (κ3) is 8.49. The van der Waals surface area contributed by atoms with Crippen LogP contribution in [0.3, 0.4) is 0 Å². The predicted molar refractivity (Wildman–Crippen MR) is 208 cm³/mol. The van der Waals surface area contributed by atoms with Crippen molar-refractivity contribution >= 4 is 97.7 Å². The highest BCUT2D eigenvalue weighted by molar-refractivity contribution is 14.1. The first-order valence-electron chi connectivity index (χ1n) is 15.2. The Morgan fingerprint density at radius 2 is 1.72 bits per heavy atom. The average Bonchev–Trinajstić information content (AvgIpc) is 3.37. The third-order valence-electron chi connectivity index (χ3n) is 7.38. The smallest absolute Gasteiger partial charge is 0.343 e. The van der Waals surface area contributed by atoms with Crippen molar-refractivity contribution in [3.05, 3.63) is 113 Å². The zero-order chi connectivity index (χ0) is 36.1. The van der Waals surface area contributed by atoms with Gasteiger partial charge in [0.05, 0.1) is 49.3 Å². The maximum Gasteiger partial charge on any atom is 0.343 e. The maximum absolute atomic E-state index is 14.2. The molecule has 0 saturated heterocycles. The number of allylic oxidation sites excluding steroid dienone is 1. The number of rotatable bonds is 12. The molecule has 0 amide bonds. The molecule has 0 bridgehead atoms. The Hall–Kier alpha value is -3.12. The molecule has 1 atom stereocenters. The van der Waals surface area contributed by atoms with Crippen LogP contribution in [0.25, 0.3) is 6.08 Å². The van der Waals surface area contributed by atoms with Crippen molar-refractivity contribution in [2.75, 3.05) is 26.9 Å². The zero-order valence-corrected chi connectivity index (χ0v) is 33.8. The molecule has 50 heavy (non-hydrogen) atoms. The molecule has 3 aromatic carbocycles. The number of benzene rings is 3. The number of thiazole rings is 1. The lowest BCUT2D eigenvalue weighted by molar-refractivity contribution is -0.143. The van der Waals surface area contributed by atoms with Crippen LogP contribution in [0, 0.1) is 7.14 Å². The Labute approximate surface area is 328 Å². The molecular weight excluding hydrogens is 933 g/mol. The minimum absolute atomic E-state index is 0.140. The number of ether oxygens (including phenoxy) is 5. The summed E-state index contributed by atoms with van der Waals surface area (Å²) in [6.07, 6.45) is 1.80. The number of hydrogen-bond donors (Lipinski definition) is 0. The van der Waals surface area contributed by atoms with Crippen molar-refractivity contribution in [3.8, 4) is 17.2 Å². The number of fused-ring (bicyclic) bond motifs is 1. The second kappa shape index (κ2) is 16.9. The van der Waals surface area contributed by atoms with E-state index in [2.05, 4.69) is 54.9 Å². The predicted octanol–water partition coefficient (Wildman–Crippen LogP) is 6.84. The quantitative estimate of drug-likeness (QED) is 0.112. The molecule has 0 aliphatic carbocycles. The fourth-order valence-corrected chi connectivity index (χ4v) is 8.76. The number of methoxy groups -OCH3 is 1. The van der Waals surface area contributed by atoms with Gasteiger partial charge in [-0.05, 0) is 120 Å². The van der Waals surface area contributed by atoms with Crippen LogP contribution in [-0.4, -0.2) is 43.4 Å². The lowest BCUT2D eigenvalue weighted by Gasteiger charge is -2.25. The zero-order valence-electron chi connectivity index (χ0n) is 27.2. The Morgan fingerprint density at radius 1 is 0.980 bits per heavy atom. The van der Waals surface area contributed by atoms with Crippen LogP contribution in [0.15, 0.2) is 69.6 Å². The first kappa shape index (κ1) is 38.1. The molecule has 1 aliphatic rings. The van der Waals surface area contributed by atoms with Gasteiger partial charge in [-0.2, -0.15) is 0 Å². The van der Waals surface area contributed by atoms with Gasteiger partial charge < -0.3 is 23.7 Å². The summed E-state index contributed by atoms with van der Waals surface area (Å²) in [6.45, 7) is 5.62. The Morgan fingerprint density at radius 3 is 2.38 bits per heavy atom. The molecule has 0 unspecified atom stereocenters. The average molecular weight is 963 g/mol. The van der Waals surface area contributed by atoms with Crippen molar-refractivity contribution in [2.45, 2.75) is 33.4 Å².